The van der Waals surface area contributed by atoms with Crippen molar-refractivity contribution in [3.63, 3.8) is 0 Å². The van der Waals surface area contributed by atoms with Gasteiger partial charge in [0, 0.05) is 16.1 Å². The van der Waals surface area contributed by atoms with E-state index in [1.165, 1.54) is 28.2 Å². The van der Waals surface area contributed by atoms with Gasteiger partial charge < -0.3 is 16.4 Å². The smallest absolute Gasteiger partial charge is 0.268 e. The minimum atomic E-state index is -0.496. The van der Waals surface area contributed by atoms with Gasteiger partial charge in [0.1, 0.15) is 9.88 Å². The molecular weight excluding hydrogens is 476 g/mol. The zero-order chi connectivity index (χ0) is 24.5. The summed E-state index contributed by atoms with van der Waals surface area (Å²) in [5.41, 5.74) is 11.8. The molecule has 0 saturated carbocycles. The Morgan fingerprint density at radius 2 is 1.57 bits per heavy atom. The highest BCUT2D eigenvalue weighted by molar-refractivity contribution is 7.19. The van der Waals surface area contributed by atoms with Gasteiger partial charge in [0.25, 0.3) is 11.8 Å². The highest BCUT2D eigenvalue weighted by Crippen LogP contribution is 2.39. The molecule has 0 radical (unpaired) electrons. The summed E-state index contributed by atoms with van der Waals surface area (Å²) in [7, 11) is 0. The molecule has 2 aromatic carbocycles. The number of rotatable bonds is 6. The van der Waals surface area contributed by atoms with Crippen LogP contribution in [-0.2, 0) is 12.8 Å². The summed E-state index contributed by atoms with van der Waals surface area (Å²) >= 11 is 2.75. The Labute approximate surface area is 212 Å². The molecule has 178 valence electrons. The van der Waals surface area contributed by atoms with E-state index >= 15 is 0 Å². The summed E-state index contributed by atoms with van der Waals surface area (Å²) in [5.74, 6) is -0.791. The van der Waals surface area contributed by atoms with Crippen LogP contribution in [0.25, 0.3) is 11.3 Å². The fourth-order valence-electron chi connectivity index (χ4n) is 4.27. The molecule has 2 amide bonds. The zero-order valence-corrected chi connectivity index (χ0v) is 21.2. The second-order valence-corrected chi connectivity index (χ2v) is 10.9. The number of carbonyl (C=O) groups is 2. The van der Waals surface area contributed by atoms with Gasteiger partial charge in [-0.2, -0.15) is 0 Å². The monoisotopic (exact) mass is 502 g/mol. The average Bonchev–Trinajstić information content (AvgIpc) is 3.42. The summed E-state index contributed by atoms with van der Waals surface area (Å²) < 4.78 is 0. The number of carbonyl (C=O) groups excluding carboxylic acids is 2. The van der Waals surface area contributed by atoms with E-state index in [0.29, 0.717) is 26.3 Å². The third-order valence-corrected chi connectivity index (χ3v) is 8.28. The molecule has 6 nitrogen and oxygen atoms in total. The van der Waals surface area contributed by atoms with E-state index in [2.05, 4.69) is 10.6 Å². The fourth-order valence-corrected chi connectivity index (χ4v) is 6.46. The molecule has 0 atom stereocenters. The van der Waals surface area contributed by atoms with Crippen LogP contribution in [0.4, 0.5) is 15.8 Å². The third kappa shape index (κ3) is 4.85. The SMILES string of the molecule is Cc1ccc(Nc2nc(-c3ccc(C)cc3)c(C(=O)Nc3sc4c(c3C(N)=O)CCCC4)s2)cc1. The van der Waals surface area contributed by atoms with Crippen molar-refractivity contribution in [1.29, 1.82) is 0 Å². The molecule has 4 N–H and O–H groups in total. The lowest BCUT2D eigenvalue weighted by Gasteiger charge is -2.11. The van der Waals surface area contributed by atoms with Crippen LogP contribution in [0, 0.1) is 13.8 Å². The molecule has 5 rings (SSSR count). The number of nitrogens with two attached hydrogens (primary N) is 1. The van der Waals surface area contributed by atoms with Crippen molar-refractivity contribution < 1.29 is 9.59 Å². The Kier molecular flexibility index (Phi) is 6.40. The number of thiazole rings is 1. The van der Waals surface area contributed by atoms with E-state index in [9.17, 15) is 9.59 Å². The molecule has 1 aliphatic carbocycles. The highest BCUT2D eigenvalue weighted by Gasteiger charge is 2.27. The maximum absolute atomic E-state index is 13.6. The molecule has 2 heterocycles. The topological polar surface area (TPSA) is 97.1 Å². The normalized spacial score (nSPS) is 12.7. The molecular formula is C27H26N4O2S2. The number of nitrogens with zero attached hydrogens (tertiary/aromatic N) is 1. The number of hydrogen-bond donors (Lipinski definition) is 3. The van der Waals surface area contributed by atoms with Crippen LogP contribution < -0.4 is 16.4 Å². The molecule has 0 saturated heterocycles. The van der Waals surface area contributed by atoms with Crippen LogP contribution in [0.3, 0.4) is 0 Å². The number of aromatic nitrogens is 1. The summed E-state index contributed by atoms with van der Waals surface area (Å²) in [5, 5.41) is 7.46. The van der Waals surface area contributed by atoms with Crippen LogP contribution >= 0.6 is 22.7 Å². The van der Waals surface area contributed by atoms with Crippen molar-refractivity contribution in [3.05, 3.63) is 80.5 Å². The van der Waals surface area contributed by atoms with E-state index in [0.717, 1.165) is 52.9 Å². The zero-order valence-electron chi connectivity index (χ0n) is 19.6. The van der Waals surface area contributed by atoms with Crippen molar-refractivity contribution in [3.8, 4) is 11.3 Å². The molecule has 0 aliphatic heterocycles. The summed E-state index contributed by atoms with van der Waals surface area (Å²) in [6.45, 7) is 4.06. The molecule has 1 aliphatic rings. The van der Waals surface area contributed by atoms with Crippen molar-refractivity contribution in [2.24, 2.45) is 5.73 Å². The molecule has 4 aromatic rings. The number of thiophene rings is 1. The van der Waals surface area contributed by atoms with Crippen LogP contribution in [-0.4, -0.2) is 16.8 Å². The first kappa shape index (κ1) is 23.3. The largest absolute Gasteiger partial charge is 0.365 e. The standard InChI is InChI=1S/C27H26N4O2S2/c1-15-7-11-17(12-8-15)22-23(35-27(30-22)29-18-13-9-16(2)10-14-18)25(33)31-26-21(24(28)32)19-5-3-4-6-20(19)34-26/h7-14H,3-6H2,1-2H3,(H2,28,32)(H,29,30)(H,31,33). The molecule has 0 spiro atoms. The number of aryl methyl sites for hydroxylation is 3. The van der Waals surface area contributed by atoms with Gasteiger partial charge in [0.05, 0.1) is 11.3 Å². The first-order chi connectivity index (χ1) is 16.9. The predicted molar refractivity (Wildman–Crippen MR) is 144 cm³/mol. The van der Waals surface area contributed by atoms with Gasteiger partial charge in [0.2, 0.25) is 0 Å². The second-order valence-electron chi connectivity index (χ2n) is 8.79. The lowest BCUT2D eigenvalue weighted by molar-refractivity contribution is 0.100. The van der Waals surface area contributed by atoms with E-state index in [1.54, 1.807) is 0 Å². The quantitative estimate of drug-likeness (QED) is 0.282. The van der Waals surface area contributed by atoms with Crippen LogP contribution in [0.1, 0.15) is 54.4 Å². The van der Waals surface area contributed by atoms with Gasteiger partial charge in [-0.15, -0.1) is 11.3 Å². The number of hydrogen-bond acceptors (Lipinski definition) is 6. The maximum atomic E-state index is 13.6. The lowest BCUT2D eigenvalue weighted by Crippen LogP contribution is -2.18. The number of amides is 2. The Morgan fingerprint density at radius 1 is 0.914 bits per heavy atom. The number of fused-ring (bicyclic) bond motifs is 1. The fraction of sp³-hybridized carbons (Fsp3) is 0.222. The van der Waals surface area contributed by atoms with Gasteiger partial charge >= 0.3 is 0 Å². The van der Waals surface area contributed by atoms with Crippen molar-refractivity contribution in [2.45, 2.75) is 39.5 Å². The molecule has 0 bridgehead atoms. The summed E-state index contributed by atoms with van der Waals surface area (Å²) in [6.07, 6.45) is 3.84. The van der Waals surface area contributed by atoms with E-state index in [1.807, 2.05) is 62.4 Å². The van der Waals surface area contributed by atoms with Crippen LogP contribution in [0.5, 0.6) is 0 Å². The molecule has 2 aromatic heterocycles. The Morgan fingerprint density at radius 3 is 2.26 bits per heavy atom. The van der Waals surface area contributed by atoms with Crippen LogP contribution in [0.15, 0.2) is 48.5 Å². The average molecular weight is 503 g/mol. The molecule has 8 heteroatoms. The lowest BCUT2D eigenvalue weighted by atomic mass is 9.95. The summed E-state index contributed by atoms with van der Waals surface area (Å²) in [4.78, 5) is 32.2. The Balaban J connectivity index is 1.51. The van der Waals surface area contributed by atoms with E-state index in [-0.39, 0.29) is 5.91 Å². The van der Waals surface area contributed by atoms with Gasteiger partial charge in [-0.1, -0.05) is 58.9 Å². The number of anilines is 3. The van der Waals surface area contributed by atoms with Crippen molar-refractivity contribution in [1.82, 2.24) is 4.98 Å². The summed E-state index contributed by atoms with van der Waals surface area (Å²) in [6, 6.07) is 16.0. The molecule has 0 fully saturated rings. The first-order valence-corrected chi connectivity index (χ1v) is 13.2. The highest BCUT2D eigenvalue weighted by atomic mass is 32.1. The predicted octanol–water partition coefficient (Wildman–Crippen LogP) is 6.46. The van der Waals surface area contributed by atoms with Crippen LogP contribution in [0.2, 0.25) is 0 Å². The van der Waals surface area contributed by atoms with Crippen molar-refractivity contribution >= 4 is 50.3 Å². The minimum absolute atomic E-state index is 0.295. The maximum Gasteiger partial charge on any atom is 0.268 e. The second kappa shape index (κ2) is 9.64. The van der Waals surface area contributed by atoms with E-state index < -0.39 is 5.91 Å². The Bertz CT molecular complexity index is 1400. The van der Waals surface area contributed by atoms with Gasteiger partial charge in [-0.05, 0) is 57.2 Å². The number of benzene rings is 2. The minimum Gasteiger partial charge on any atom is -0.365 e. The molecule has 0 unspecified atom stereocenters. The van der Waals surface area contributed by atoms with Gasteiger partial charge in [-0.3, -0.25) is 9.59 Å². The van der Waals surface area contributed by atoms with Gasteiger partial charge in [-0.25, -0.2) is 4.98 Å². The van der Waals surface area contributed by atoms with Gasteiger partial charge in [0.15, 0.2) is 5.13 Å². The third-order valence-electron chi connectivity index (χ3n) is 6.11. The number of primary amides is 1. The molecule has 35 heavy (non-hydrogen) atoms. The van der Waals surface area contributed by atoms with Crippen molar-refractivity contribution in [2.75, 3.05) is 10.6 Å². The number of nitrogens with one attached hydrogen (secondary N) is 2. The van der Waals surface area contributed by atoms with E-state index in [4.69, 9.17) is 10.7 Å². The Hall–Kier alpha value is -3.49. The first-order valence-electron chi connectivity index (χ1n) is 11.6.